The molecule has 0 aromatic rings. The SMILES string of the molecule is CNC1CCC(=O)N2CCCC(C(=O)NC(CC(C)=O)C(=O)C[NH+]=[N-])N2C1=O. The Morgan fingerprint density at radius 1 is 1.29 bits per heavy atom. The fourth-order valence-electron chi connectivity index (χ4n) is 3.54. The number of hydrazine groups is 1. The van der Waals surface area contributed by atoms with E-state index < -0.39 is 36.4 Å². The van der Waals surface area contributed by atoms with Crippen molar-refractivity contribution in [3.63, 3.8) is 0 Å². The first-order valence-electron chi connectivity index (χ1n) is 9.30. The average Bonchev–Trinajstić information content (AvgIpc) is 2.78. The Balaban J connectivity index is 2.24. The summed E-state index contributed by atoms with van der Waals surface area (Å²) in [7, 11) is 1.62. The van der Waals surface area contributed by atoms with Gasteiger partial charge in [0.25, 0.3) is 5.91 Å². The second-order valence-corrected chi connectivity index (χ2v) is 7.01. The number of amides is 3. The molecule has 2 fully saturated rings. The third-order valence-electron chi connectivity index (χ3n) is 4.96. The highest BCUT2D eigenvalue weighted by Crippen LogP contribution is 2.25. The molecule has 3 N–H and O–H groups in total. The zero-order valence-electron chi connectivity index (χ0n) is 16.1. The van der Waals surface area contributed by atoms with Crippen LogP contribution in [0.1, 0.15) is 39.0 Å². The van der Waals surface area contributed by atoms with Gasteiger partial charge in [-0.05, 0) is 33.2 Å². The van der Waals surface area contributed by atoms with Crippen LogP contribution in [0.5, 0.6) is 0 Å². The van der Waals surface area contributed by atoms with E-state index in [0.29, 0.717) is 25.8 Å². The van der Waals surface area contributed by atoms with Crippen molar-refractivity contribution in [1.29, 1.82) is 0 Å². The standard InChI is InChI=1S/C17H26N6O5/c1-10(24)8-12(14(25)9-20-18)21-16(27)13-4-3-7-22-15(26)6-5-11(19-2)17(28)23(13)22/h11-13,19-20H,3-9H2,1-2H3,(H,21,27). The van der Waals surface area contributed by atoms with Crippen LogP contribution >= 0.6 is 0 Å². The number of rotatable bonds is 8. The summed E-state index contributed by atoms with van der Waals surface area (Å²) in [6, 6.07) is -2.67. The lowest BCUT2D eigenvalue weighted by atomic mass is 10.0. The largest absolute Gasteiger partial charge is 0.508 e. The normalized spacial score (nSPS) is 23.5. The summed E-state index contributed by atoms with van der Waals surface area (Å²) in [5.74, 6) is -2.09. The summed E-state index contributed by atoms with van der Waals surface area (Å²) >= 11 is 0. The molecule has 3 amide bonds. The Morgan fingerprint density at radius 2 is 2.00 bits per heavy atom. The minimum atomic E-state index is -1.13. The summed E-state index contributed by atoms with van der Waals surface area (Å²) in [4.78, 5) is 61.8. The van der Waals surface area contributed by atoms with Gasteiger partial charge in [-0.1, -0.05) is 0 Å². The first kappa shape index (κ1) is 21.6. The van der Waals surface area contributed by atoms with Crippen LogP contribution in [-0.4, -0.2) is 77.6 Å². The summed E-state index contributed by atoms with van der Waals surface area (Å²) < 4.78 is 0. The Bertz CT molecular complexity index is 681. The van der Waals surface area contributed by atoms with Crippen molar-refractivity contribution in [2.75, 3.05) is 20.1 Å². The number of carbonyl (C=O) groups is 5. The highest BCUT2D eigenvalue weighted by Gasteiger charge is 2.44. The van der Waals surface area contributed by atoms with E-state index in [0.717, 1.165) is 0 Å². The molecule has 3 atom stereocenters. The fraction of sp³-hybridized carbons (Fsp3) is 0.706. The van der Waals surface area contributed by atoms with E-state index in [1.54, 1.807) is 12.2 Å². The molecule has 0 spiro atoms. The van der Waals surface area contributed by atoms with E-state index in [1.165, 1.54) is 16.9 Å². The molecule has 0 aromatic heterocycles. The van der Waals surface area contributed by atoms with Gasteiger partial charge in [0.15, 0.2) is 6.54 Å². The second-order valence-electron chi connectivity index (χ2n) is 7.01. The molecule has 11 nitrogen and oxygen atoms in total. The van der Waals surface area contributed by atoms with Crippen molar-refractivity contribution in [2.45, 2.75) is 57.2 Å². The number of fused-ring (bicyclic) bond motifs is 1. The topological polar surface area (TPSA) is 152 Å². The zero-order valence-corrected chi connectivity index (χ0v) is 16.1. The maximum absolute atomic E-state index is 12.9. The maximum Gasteiger partial charge on any atom is 0.259 e. The quantitative estimate of drug-likeness (QED) is 0.379. The third kappa shape index (κ3) is 4.77. The monoisotopic (exact) mass is 394 g/mol. The number of Topliss-reactive ketones (excluding diaryl/α,β-unsaturated/α-hetero) is 2. The lowest BCUT2D eigenvalue weighted by Crippen LogP contribution is -2.69. The second kappa shape index (κ2) is 9.49. The van der Waals surface area contributed by atoms with E-state index in [9.17, 15) is 24.0 Å². The summed E-state index contributed by atoms with van der Waals surface area (Å²) in [5.41, 5.74) is 8.74. The molecule has 0 aliphatic carbocycles. The summed E-state index contributed by atoms with van der Waals surface area (Å²) in [6.07, 6.45) is 1.16. The predicted molar refractivity (Wildman–Crippen MR) is 95.1 cm³/mol. The number of ketones is 2. The van der Waals surface area contributed by atoms with Crippen LogP contribution < -0.4 is 15.7 Å². The van der Waals surface area contributed by atoms with E-state index in [4.69, 9.17) is 5.53 Å². The number of hydrogen-bond donors (Lipinski definition) is 3. The van der Waals surface area contributed by atoms with Crippen LogP contribution in [0.4, 0.5) is 0 Å². The van der Waals surface area contributed by atoms with E-state index in [-0.39, 0.29) is 30.4 Å². The van der Waals surface area contributed by atoms with Crippen LogP contribution in [0.15, 0.2) is 0 Å². The number of hydrogen-bond acceptors (Lipinski definition) is 6. The molecule has 154 valence electrons. The number of nitrogens with one attached hydrogen (secondary N) is 3. The van der Waals surface area contributed by atoms with Crippen molar-refractivity contribution in [3.05, 3.63) is 5.53 Å². The molecule has 2 aliphatic rings. The number of nitrogens with zero attached hydrogens (tertiary/aromatic N) is 3. The van der Waals surface area contributed by atoms with Gasteiger partial charge >= 0.3 is 0 Å². The highest BCUT2D eigenvalue weighted by atomic mass is 16.2. The Labute approximate surface area is 162 Å². The van der Waals surface area contributed by atoms with Crippen LogP contribution in [0.2, 0.25) is 0 Å². The smallest absolute Gasteiger partial charge is 0.259 e. The van der Waals surface area contributed by atoms with Gasteiger partial charge in [-0.15, -0.1) is 0 Å². The lowest BCUT2D eigenvalue weighted by Gasteiger charge is -2.43. The van der Waals surface area contributed by atoms with Crippen molar-refractivity contribution >= 4 is 29.3 Å². The van der Waals surface area contributed by atoms with Crippen molar-refractivity contribution in [2.24, 2.45) is 0 Å². The fourth-order valence-corrected chi connectivity index (χ4v) is 3.54. The lowest BCUT2D eigenvalue weighted by molar-refractivity contribution is -0.467. The molecule has 28 heavy (non-hydrogen) atoms. The summed E-state index contributed by atoms with van der Waals surface area (Å²) in [6.45, 7) is 1.20. The number of carbonyl (C=O) groups excluding carboxylic acids is 5. The van der Waals surface area contributed by atoms with Gasteiger partial charge in [0, 0.05) is 19.4 Å². The number of likely N-dealkylation sites (N-methyl/N-ethyl adjacent to an activating group) is 1. The van der Waals surface area contributed by atoms with Gasteiger partial charge in [0.2, 0.25) is 17.6 Å². The van der Waals surface area contributed by atoms with Gasteiger partial charge in [-0.2, -0.15) is 0 Å². The van der Waals surface area contributed by atoms with E-state index >= 15 is 0 Å². The zero-order chi connectivity index (χ0) is 20.8. The first-order valence-corrected chi connectivity index (χ1v) is 9.30. The minimum Gasteiger partial charge on any atom is -0.508 e. The third-order valence-corrected chi connectivity index (χ3v) is 4.96. The minimum absolute atomic E-state index is 0.190. The molecule has 0 radical (unpaired) electrons. The Hall–Kier alpha value is -2.69. The van der Waals surface area contributed by atoms with Crippen LogP contribution in [0.25, 0.3) is 5.53 Å². The Kier molecular flexibility index (Phi) is 7.32. The molecular formula is C17H26N6O5. The van der Waals surface area contributed by atoms with E-state index in [2.05, 4.69) is 10.6 Å². The molecule has 0 aromatic carbocycles. The maximum atomic E-state index is 12.9. The molecule has 0 saturated carbocycles. The average molecular weight is 394 g/mol. The van der Waals surface area contributed by atoms with Crippen LogP contribution in [-0.2, 0) is 24.0 Å². The molecule has 2 aliphatic heterocycles. The highest BCUT2D eigenvalue weighted by molar-refractivity contribution is 5.97. The van der Waals surface area contributed by atoms with Gasteiger partial charge in [0.1, 0.15) is 17.9 Å². The molecule has 2 heterocycles. The van der Waals surface area contributed by atoms with Crippen molar-refractivity contribution in [3.8, 4) is 0 Å². The van der Waals surface area contributed by atoms with Gasteiger partial charge < -0.3 is 21.3 Å². The molecule has 11 heteroatoms. The molecule has 2 rings (SSSR count). The van der Waals surface area contributed by atoms with Crippen LogP contribution in [0.3, 0.4) is 0 Å². The molecule has 3 unspecified atom stereocenters. The van der Waals surface area contributed by atoms with Crippen molar-refractivity contribution < 1.29 is 29.1 Å². The molecule has 2 saturated heterocycles. The van der Waals surface area contributed by atoms with Gasteiger partial charge in [-0.3, -0.25) is 29.0 Å². The van der Waals surface area contributed by atoms with Gasteiger partial charge in [0.05, 0.1) is 6.04 Å². The predicted octanol–water partition coefficient (Wildman–Crippen LogP) is -2.76. The molecule has 0 bridgehead atoms. The van der Waals surface area contributed by atoms with Gasteiger partial charge in [-0.25, -0.2) is 5.01 Å². The van der Waals surface area contributed by atoms with E-state index in [1.807, 2.05) is 0 Å². The molecular weight excluding hydrogens is 368 g/mol. The Morgan fingerprint density at radius 3 is 2.61 bits per heavy atom. The first-order chi connectivity index (χ1) is 13.3. The summed E-state index contributed by atoms with van der Waals surface area (Å²) in [5, 5.41) is 9.60. The van der Waals surface area contributed by atoms with Crippen LogP contribution in [0, 0.1) is 0 Å². The van der Waals surface area contributed by atoms with Crippen molar-refractivity contribution in [1.82, 2.24) is 20.7 Å².